The minimum absolute atomic E-state index is 0.0237. The van der Waals surface area contributed by atoms with Crippen LogP contribution in [-0.2, 0) is 20.8 Å². The number of hydrogen-bond donors (Lipinski definition) is 3. The molecule has 2 aliphatic carbocycles. The Morgan fingerprint density at radius 3 is 2.22 bits per heavy atom. The third-order valence-electron chi connectivity index (χ3n) is 8.86. The zero-order chi connectivity index (χ0) is 29.8. The van der Waals surface area contributed by atoms with Crippen molar-refractivity contribution in [1.82, 2.24) is 15.2 Å². The van der Waals surface area contributed by atoms with E-state index in [-0.39, 0.29) is 36.5 Å². The van der Waals surface area contributed by atoms with E-state index >= 15 is 0 Å². The molecule has 1 aromatic rings. The number of rotatable bonds is 16. The van der Waals surface area contributed by atoms with Crippen molar-refractivity contribution < 1.29 is 24.6 Å². The van der Waals surface area contributed by atoms with Crippen molar-refractivity contribution in [2.24, 2.45) is 23.7 Å². The van der Waals surface area contributed by atoms with Crippen LogP contribution >= 0.6 is 11.3 Å². The Labute approximate surface area is 250 Å². The number of aliphatic hydroxyl groups excluding tert-OH is 2. The summed E-state index contributed by atoms with van der Waals surface area (Å²) < 4.78 is 0. The summed E-state index contributed by atoms with van der Waals surface area (Å²) in [4.78, 5) is 45.6. The van der Waals surface area contributed by atoms with Crippen molar-refractivity contribution in [2.45, 2.75) is 129 Å². The highest BCUT2D eigenvalue weighted by molar-refractivity contribution is 7.07. The molecule has 4 atom stereocenters. The van der Waals surface area contributed by atoms with Crippen LogP contribution in [0.1, 0.15) is 110 Å². The number of carbonyl (C=O) groups is 3. The van der Waals surface area contributed by atoms with Gasteiger partial charge in [0.25, 0.3) is 0 Å². The number of thiazole rings is 1. The van der Waals surface area contributed by atoms with Crippen LogP contribution in [0.5, 0.6) is 0 Å². The molecule has 0 spiro atoms. The molecular weight excluding hydrogens is 538 g/mol. The molecule has 0 aromatic carbocycles. The molecule has 0 radical (unpaired) electrons. The number of aliphatic hydroxyl groups is 2. The third kappa shape index (κ3) is 11.8. The molecule has 3 N–H and O–H groups in total. The van der Waals surface area contributed by atoms with Crippen molar-refractivity contribution in [1.29, 1.82) is 0 Å². The highest BCUT2D eigenvalue weighted by Gasteiger charge is 2.34. The molecule has 1 aromatic heterocycles. The molecule has 9 heteroatoms. The van der Waals surface area contributed by atoms with Gasteiger partial charge in [-0.2, -0.15) is 0 Å². The summed E-state index contributed by atoms with van der Waals surface area (Å²) in [6.07, 6.45) is 10.5. The van der Waals surface area contributed by atoms with Gasteiger partial charge in [0.15, 0.2) is 0 Å². The van der Waals surface area contributed by atoms with Gasteiger partial charge in [0.2, 0.25) is 11.8 Å². The minimum Gasteiger partial charge on any atom is -0.390 e. The quantitative estimate of drug-likeness (QED) is 0.251. The average molecular weight is 592 g/mol. The Balaban J connectivity index is 1.77. The summed E-state index contributed by atoms with van der Waals surface area (Å²) in [6.45, 7) is 6.11. The van der Waals surface area contributed by atoms with Gasteiger partial charge in [0.1, 0.15) is 11.9 Å². The molecular formula is C32H53N3O5S. The average Bonchev–Trinajstić information content (AvgIpc) is 3.45. The Bertz CT molecular complexity index is 928. The molecule has 41 heavy (non-hydrogen) atoms. The van der Waals surface area contributed by atoms with Gasteiger partial charge < -0.3 is 20.4 Å². The van der Waals surface area contributed by atoms with E-state index in [9.17, 15) is 24.6 Å². The third-order valence-corrected chi connectivity index (χ3v) is 9.49. The van der Waals surface area contributed by atoms with E-state index < -0.39 is 24.2 Å². The highest BCUT2D eigenvalue weighted by Crippen LogP contribution is 2.30. The topological polar surface area (TPSA) is 120 Å². The number of carbonyl (C=O) groups excluding carboxylic acids is 3. The second-order valence-corrected chi connectivity index (χ2v) is 13.8. The van der Waals surface area contributed by atoms with Crippen LogP contribution in [-0.4, -0.2) is 69.0 Å². The standard InChI is InChI=1S/C32H53N3O5S/c1-22(2)14-29(37)31(39)28(15-24-10-6-4-7-11-24)34-32(40)26(16-27-20-41-21-33-27)17-30(38)35(18-23(3)36)19-25-12-8-5-9-13-25/h20-22,24-26,28-29,31,37,39H,4-19H2,1-3H3,(H,34,40)/t26-,28+,29+,31-/m1/s1. The minimum atomic E-state index is -1.08. The lowest BCUT2D eigenvalue weighted by Gasteiger charge is -2.34. The molecule has 0 unspecified atom stereocenters. The largest absolute Gasteiger partial charge is 0.390 e. The molecule has 2 aliphatic rings. The Hall–Kier alpha value is -1.84. The van der Waals surface area contributed by atoms with E-state index in [1.54, 1.807) is 10.4 Å². The zero-order valence-electron chi connectivity index (χ0n) is 25.4. The van der Waals surface area contributed by atoms with Crippen molar-refractivity contribution in [3.05, 3.63) is 16.6 Å². The summed E-state index contributed by atoms with van der Waals surface area (Å²) in [5.74, 6) is -0.269. The molecule has 0 saturated heterocycles. The van der Waals surface area contributed by atoms with Crippen molar-refractivity contribution >= 4 is 28.9 Å². The summed E-state index contributed by atoms with van der Waals surface area (Å²) in [7, 11) is 0. The number of nitrogens with zero attached hydrogens (tertiary/aromatic N) is 2. The number of Topliss-reactive ketones (excluding diaryl/α,β-unsaturated/α-hetero) is 1. The SMILES string of the molecule is CC(=O)CN(CC1CCCCC1)C(=O)C[C@@H](Cc1cscn1)C(=O)N[C@@H](CC1CCCCC1)[C@@H](O)[C@@H](O)CC(C)C. The predicted octanol–water partition coefficient (Wildman–Crippen LogP) is 4.91. The van der Waals surface area contributed by atoms with Gasteiger partial charge in [0.05, 0.1) is 35.8 Å². The van der Waals surface area contributed by atoms with Gasteiger partial charge in [-0.05, 0) is 50.4 Å². The van der Waals surface area contributed by atoms with E-state index in [4.69, 9.17) is 0 Å². The first kappa shape index (κ1) is 33.7. The van der Waals surface area contributed by atoms with Crippen LogP contribution < -0.4 is 5.32 Å². The van der Waals surface area contributed by atoms with Crippen LogP contribution in [0.4, 0.5) is 0 Å². The number of amides is 2. The molecule has 2 fully saturated rings. The molecule has 8 nitrogen and oxygen atoms in total. The zero-order valence-corrected chi connectivity index (χ0v) is 26.2. The van der Waals surface area contributed by atoms with Crippen LogP contribution in [0.2, 0.25) is 0 Å². The predicted molar refractivity (Wildman–Crippen MR) is 162 cm³/mol. The van der Waals surface area contributed by atoms with E-state index in [1.807, 2.05) is 19.2 Å². The Kier molecular flexibility index (Phi) is 14.2. The van der Waals surface area contributed by atoms with Crippen LogP contribution in [0.25, 0.3) is 0 Å². The van der Waals surface area contributed by atoms with Gasteiger partial charge in [-0.15, -0.1) is 11.3 Å². The second kappa shape index (κ2) is 17.3. The van der Waals surface area contributed by atoms with E-state index in [0.29, 0.717) is 37.6 Å². The van der Waals surface area contributed by atoms with Crippen LogP contribution in [0.15, 0.2) is 10.9 Å². The lowest BCUT2D eigenvalue weighted by atomic mass is 9.82. The number of nitrogens with one attached hydrogen (secondary N) is 1. The number of ketones is 1. The lowest BCUT2D eigenvalue weighted by Crippen LogP contribution is -2.52. The fraction of sp³-hybridized carbons (Fsp3) is 0.812. The van der Waals surface area contributed by atoms with Gasteiger partial charge in [-0.25, -0.2) is 4.98 Å². The van der Waals surface area contributed by atoms with Crippen molar-refractivity contribution in [2.75, 3.05) is 13.1 Å². The van der Waals surface area contributed by atoms with Gasteiger partial charge in [0, 0.05) is 24.8 Å². The van der Waals surface area contributed by atoms with E-state index in [0.717, 1.165) is 57.1 Å². The van der Waals surface area contributed by atoms with E-state index in [1.165, 1.54) is 31.1 Å². The molecule has 0 aliphatic heterocycles. The maximum Gasteiger partial charge on any atom is 0.224 e. The summed E-state index contributed by atoms with van der Waals surface area (Å²) >= 11 is 1.45. The van der Waals surface area contributed by atoms with Crippen LogP contribution in [0.3, 0.4) is 0 Å². The summed E-state index contributed by atoms with van der Waals surface area (Å²) in [6, 6.07) is -0.594. The maximum absolute atomic E-state index is 13.9. The molecule has 2 saturated carbocycles. The monoisotopic (exact) mass is 591 g/mol. The fourth-order valence-corrected chi connectivity index (χ4v) is 7.22. The molecule has 232 valence electrons. The first-order valence-electron chi connectivity index (χ1n) is 15.9. The molecule has 0 bridgehead atoms. The summed E-state index contributed by atoms with van der Waals surface area (Å²) in [5.41, 5.74) is 2.47. The van der Waals surface area contributed by atoms with Crippen molar-refractivity contribution in [3.8, 4) is 0 Å². The van der Waals surface area contributed by atoms with Crippen molar-refractivity contribution in [3.63, 3.8) is 0 Å². The van der Waals surface area contributed by atoms with Crippen LogP contribution in [0, 0.1) is 23.7 Å². The highest BCUT2D eigenvalue weighted by atomic mass is 32.1. The van der Waals surface area contributed by atoms with E-state index in [2.05, 4.69) is 10.3 Å². The van der Waals surface area contributed by atoms with Gasteiger partial charge in [-0.1, -0.05) is 65.2 Å². The molecule has 3 rings (SSSR count). The van der Waals surface area contributed by atoms with Gasteiger partial charge >= 0.3 is 0 Å². The number of aromatic nitrogens is 1. The molecule has 2 amide bonds. The number of hydrogen-bond acceptors (Lipinski definition) is 7. The first-order valence-corrected chi connectivity index (χ1v) is 16.9. The first-order chi connectivity index (χ1) is 19.6. The lowest BCUT2D eigenvalue weighted by molar-refractivity contribution is -0.139. The fourth-order valence-electron chi connectivity index (χ4n) is 6.65. The Morgan fingerprint density at radius 1 is 1.02 bits per heavy atom. The Morgan fingerprint density at radius 2 is 1.66 bits per heavy atom. The maximum atomic E-state index is 13.9. The van der Waals surface area contributed by atoms with Gasteiger partial charge in [-0.3, -0.25) is 14.4 Å². The second-order valence-electron chi connectivity index (χ2n) is 13.1. The summed E-state index contributed by atoms with van der Waals surface area (Å²) in [5, 5.41) is 27.0. The normalized spacial score (nSPS) is 19.9. The smallest absolute Gasteiger partial charge is 0.224 e. The molecule has 1 heterocycles.